The van der Waals surface area contributed by atoms with Crippen LogP contribution in [0.15, 0.2) is 4.99 Å². The van der Waals surface area contributed by atoms with Crippen LogP contribution in [0.2, 0.25) is 0 Å². The Morgan fingerprint density at radius 2 is 2.24 bits per heavy atom. The van der Waals surface area contributed by atoms with E-state index in [-0.39, 0.29) is 0 Å². The molecule has 3 fully saturated rings. The lowest BCUT2D eigenvalue weighted by atomic mass is 9.96. The minimum absolute atomic E-state index is 0.463. The summed E-state index contributed by atoms with van der Waals surface area (Å²) in [4.78, 5) is 4.90. The molecule has 17 heavy (non-hydrogen) atoms. The van der Waals surface area contributed by atoms with E-state index in [4.69, 9.17) is 9.73 Å². The minimum Gasteiger partial charge on any atom is -0.373 e. The Balaban J connectivity index is 1.42. The molecule has 5 unspecified atom stereocenters. The fraction of sp³-hybridized carbons (Fsp3) is 0.923. The smallest absolute Gasteiger partial charge is 0.157 e. The van der Waals surface area contributed by atoms with Crippen LogP contribution in [0, 0.1) is 5.92 Å². The van der Waals surface area contributed by atoms with E-state index in [0.717, 1.165) is 5.92 Å². The quantitative estimate of drug-likeness (QED) is 0.776. The van der Waals surface area contributed by atoms with Crippen LogP contribution in [-0.2, 0) is 4.74 Å². The summed E-state index contributed by atoms with van der Waals surface area (Å²) in [6.45, 7) is 0. The Hall–Kier alpha value is -0.220. The molecular formula is C13H20N2OS. The van der Waals surface area contributed by atoms with Gasteiger partial charge in [0.05, 0.1) is 24.3 Å². The summed E-state index contributed by atoms with van der Waals surface area (Å²) in [5.41, 5.74) is 0. The van der Waals surface area contributed by atoms with Gasteiger partial charge in [-0.25, -0.2) is 0 Å². The monoisotopic (exact) mass is 252 g/mol. The van der Waals surface area contributed by atoms with Crippen LogP contribution in [0.25, 0.3) is 0 Å². The summed E-state index contributed by atoms with van der Waals surface area (Å²) in [7, 11) is 0. The van der Waals surface area contributed by atoms with Gasteiger partial charge in [0.2, 0.25) is 0 Å². The largest absolute Gasteiger partial charge is 0.373 e. The van der Waals surface area contributed by atoms with Gasteiger partial charge < -0.3 is 10.1 Å². The molecule has 1 saturated carbocycles. The van der Waals surface area contributed by atoms with Gasteiger partial charge in [-0.05, 0) is 38.0 Å². The average molecular weight is 252 g/mol. The molecule has 0 aromatic carbocycles. The van der Waals surface area contributed by atoms with Gasteiger partial charge in [0, 0.05) is 5.75 Å². The predicted octanol–water partition coefficient (Wildman–Crippen LogP) is 2.17. The maximum atomic E-state index is 5.89. The van der Waals surface area contributed by atoms with Gasteiger partial charge in [0.15, 0.2) is 5.17 Å². The second-order valence-corrected chi connectivity index (χ2v) is 6.87. The molecule has 0 spiro atoms. The van der Waals surface area contributed by atoms with Crippen molar-refractivity contribution in [3.63, 3.8) is 0 Å². The Kier molecular flexibility index (Phi) is 2.61. The van der Waals surface area contributed by atoms with Crippen molar-refractivity contribution < 1.29 is 4.74 Å². The van der Waals surface area contributed by atoms with Crippen molar-refractivity contribution in [1.29, 1.82) is 0 Å². The lowest BCUT2D eigenvalue weighted by Crippen LogP contribution is -2.42. The Labute approximate surface area is 107 Å². The summed E-state index contributed by atoms with van der Waals surface area (Å²) >= 11 is 1.94. The molecule has 4 aliphatic rings. The lowest BCUT2D eigenvalue weighted by molar-refractivity contribution is 0.0994. The van der Waals surface area contributed by atoms with Crippen molar-refractivity contribution in [1.82, 2.24) is 5.32 Å². The van der Waals surface area contributed by atoms with Crippen LogP contribution in [0.1, 0.15) is 38.5 Å². The number of rotatable bonds is 1. The molecule has 1 N–H and O–H groups in total. The third kappa shape index (κ3) is 1.89. The third-order valence-corrected chi connectivity index (χ3v) is 5.84. The van der Waals surface area contributed by atoms with Crippen LogP contribution in [0.5, 0.6) is 0 Å². The van der Waals surface area contributed by atoms with E-state index in [0.29, 0.717) is 24.3 Å². The highest BCUT2D eigenvalue weighted by molar-refractivity contribution is 8.13. The Morgan fingerprint density at radius 1 is 1.24 bits per heavy atom. The minimum atomic E-state index is 0.463. The van der Waals surface area contributed by atoms with Crippen molar-refractivity contribution in [3.8, 4) is 0 Å². The van der Waals surface area contributed by atoms with E-state index in [1.54, 1.807) is 0 Å². The van der Waals surface area contributed by atoms with E-state index in [1.165, 1.54) is 49.4 Å². The summed E-state index contributed by atoms with van der Waals surface area (Å²) < 4.78 is 5.89. The van der Waals surface area contributed by atoms with E-state index < -0.39 is 0 Å². The van der Waals surface area contributed by atoms with E-state index in [1.807, 2.05) is 11.8 Å². The number of ether oxygens (including phenoxy) is 1. The van der Waals surface area contributed by atoms with Crippen LogP contribution in [0.4, 0.5) is 0 Å². The van der Waals surface area contributed by atoms with Crippen LogP contribution in [-0.4, -0.2) is 35.2 Å². The summed E-state index contributed by atoms with van der Waals surface area (Å²) in [5, 5.41) is 4.85. The molecule has 3 aliphatic heterocycles. The van der Waals surface area contributed by atoms with E-state index in [9.17, 15) is 0 Å². The number of thioether (sulfide) groups is 1. The van der Waals surface area contributed by atoms with E-state index in [2.05, 4.69) is 5.32 Å². The lowest BCUT2D eigenvalue weighted by Gasteiger charge is -2.27. The number of nitrogens with one attached hydrogen (secondary N) is 1. The predicted molar refractivity (Wildman–Crippen MR) is 70.5 cm³/mol. The van der Waals surface area contributed by atoms with Crippen molar-refractivity contribution in [2.45, 2.75) is 62.8 Å². The molecule has 4 heteroatoms. The molecule has 3 nitrogen and oxygen atoms in total. The molecule has 3 heterocycles. The number of amidine groups is 1. The second kappa shape index (κ2) is 4.16. The first kappa shape index (κ1) is 10.7. The van der Waals surface area contributed by atoms with Gasteiger partial charge in [0.25, 0.3) is 0 Å². The molecule has 0 radical (unpaired) electrons. The van der Waals surface area contributed by atoms with Gasteiger partial charge in [0.1, 0.15) is 0 Å². The summed E-state index contributed by atoms with van der Waals surface area (Å²) in [5.74, 6) is 2.14. The van der Waals surface area contributed by atoms with E-state index >= 15 is 0 Å². The Morgan fingerprint density at radius 3 is 3.06 bits per heavy atom. The highest BCUT2D eigenvalue weighted by Gasteiger charge is 2.41. The number of hydrogen-bond donors (Lipinski definition) is 1. The number of hydrogen-bond acceptors (Lipinski definition) is 4. The first-order valence-electron chi connectivity index (χ1n) is 7.01. The number of aliphatic imine (C=N–C) groups is 1. The van der Waals surface area contributed by atoms with Gasteiger partial charge in [-0.15, -0.1) is 0 Å². The highest BCUT2D eigenvalue weighted by atomic mass is 32.2. The highest BCUT2D eigenvalue weighted by Crippen LogP contribution is 2.37. The second-order valence-electron chi connectivity index (χ2n) is 5.86. The third-order valence-electron chi connectivity index (χ3n) is 4.75. The van der Waals surface area contributed by atoms with Gasteiger partial charge in [-0.1, -0.05) is 18.2 Å². The molecule has 4 rings (SSSR count). The normalized spacial score (nSPS) is 48.0. The zero-order valence-corrected chi connectivity index (χ0v) is 10.9. The SMILES string of the molecule is C1CC2CSC(NC3CC4CCC3O4)=NC2C1. The fourth-order valence-corrected chi connectivity index (χ4v) is 4.99. The zero-order valence-electron chi connectivity index (χ0n) is 10.1. The van der Waals surface area contributed by atoms with Crippen LogP contribution >= 0.6 is 11.8 Å². The molecule has 2 saturated heterocycles. The number of fused-ring (bicyclic) bond motifs is 3. The first-order valence-corrected chi connectivity index (χ1v) is 7.99. The van der Waals surface area contributed by atoms with Crippen molar-refractivity contribution in [3.05, 3.63) is 0 Å². The van der Waals surface area contributed by atoms with Crippen molar-refractivity contribution in [2.75, 3.05) is 5.75 Å². The van der Waals surface area contributed by atoms with Crippen molar-refractivity contribution >= 4 is 16.9 Å². The van der Waals surface area contributed by atoms with Gasteiger partial charge in [-0.2, -0.15) is 0 Å². The number of nitrogens with zero attached hydrogens (tertiary/aromatic N) is 1. The molecule has 94 valence electrons. The first-order chi connectivity index (χ1) is 8.38. The molecule has 5 atom stereocenters. The molecular weight excluding hydrogens is 232 g/mol. The zero-order chi connectivity index (χ0) is 11.2. The maximum Gasteiger partial charge on any atom is 0.157 e. The summed E-state index contributed by atoms with van der Waals surface area (Å²) in [6, 6.07) is 1.16. The Bertz CT molecular complexity index is 346. The molecule has 0 amide bonds. The van der Waals surface area contributed by atoms with Crippen LogP contribution in [0.3, 0.4) is 0 Å². The van der Waals surface area contributed by atoms with Crippen molar-refractivity contribution in [2.24, 2.45) is 10.9 Å². The standard InChI is InChI=1S/C13H20N2OS/c1-2-8-7-17-13(14-10(8)3-1)15-11-6-9-4-5-12(11)16-9/h8-12H,1-7H2,(H,14,15). The topological polar surface area (TPSA) is 33.6 Å². The average Bonchev–Trinajstić information content (AvgIpc) is 3.03. The molecule has 0 aromatic rings. The molecule has 2 bridgehead atoms. The molecule has 0 aromatic heterocycles. The summed E-state index contributed by atoms with van der Waals surface area (Å²) in [6.07, 6.45) is 8.78. The van der Waals surface area contributed by atoms with Gasteiger partial charge >= 0.3 is 0 Å². The van der Waals surface area contributed by atoms with Gasteiger partial charge in [-0.3, -0.25) is 4.99 Å². The maximum absolute atomic E-state index is 5.89. The fourth-order valence-electron chi connectivity index (χ4n) is 3.78. The van der Waals surface area contributed by atoms with Crippen LogP contribution < -0.4 is 5.32 Å². The molecule has 1 aliphatic carbocycles.